The zero-order chi connectivity index (χ0) is 12.9. The molecule has 0 aliphatic heterocycles. The Kier molecular flexibility index (Phi) is 11.5. The summed E-state index contributed by atoms with van der Waals surface area (Å²) in [6.45, 7) is 7.94. The number of Topliss-reactive ketones (excluding diaryl/α,β-unsaturated/α-hetero) is 1. The third-order valence-corrected chi connectivity index (χ3v) is 3.06. The summed E-state index contributed by atoms with van der Waals surface area (Å²) in [6, 6.07) is 0. The first-order chi connectivity index (χ1) is 8.16. The van der Waals surface area contributed by atoms with Crippen molar-refractivity contribution < 1.29 is 4.79 Å². The molecule has 0 aromatic carbocycles. The van der Waals surface area contributed by atoms with Crippen molar-refractivity contribution in [1.29, 1.82) is 0 Å². The van der Waals surface area contributed by atoms with Gasteiger partial charge in [0.15, 0.2) is 0 Å². The maximum absolute atomic E-state index is 11.4. The van der Waals surface area contributed by atoms with E-state index in [1.54, 1.807) is 0 Å². The Balaban J connectivity index is 3.13. The smallest absolute Gasteiger partial charge is 0.136 e. The number of unbranched alkanes of at least 4 members (excludes halogenated alkanes) is 8. The number of carbonyl (C=O) groups is 1. The third kappa shape index (κ3) is 13.3. The van der Waals surface area contributed by atoms with Gasteiger partial charge < -0.3 is 0 Å². The Bertz CT molecular complexity index is 206. The molecule has 17 heavy (non-hydrogen) atoms. The largest absolute Gasteiger partial charge is 0.299 e. The van der Waals surface area contributed by atoms with Crippen LogP contribution in [0.1, 0.15) is 84.5 Å². The summed E-state index contributed by atoms with van der Waals surface area (Å²) in [6.07, 6.45) is 13.1. The van der Waals surface area contributed by atoms with Gasteiger partial charge in [-0.25, -0.2) is 0 Å². The Morgan fingerprint density at radius 3 is 1.82 bits per heavy atom. The lowest BCUT2D eigenvalue weighted by Gasteiger charge is -2.02. The van der Waals surface area contributed by atoms with E-state index >= 15 is 0 Å². The van der Waals surface area contributed by atoms with Crippen molar-refractivity contribution in [3.63, 3.8) is 0 Å². The zero-order valence-corrected chi connectivity index (χ0v) is 11.9. The lowest BCUT2D eigenvalue weighted by Crippen LogP contribution is -1.97. The van der Waals surface area contributed by atoms with Crippen LogP contribution in [0.3, 0.4) is 0 Å². The maximum atomic E-state index is 11.4. The molecular weight excluding hydrogens is 208 g/mol. The molecule has 0 aromatic heterocycles. The molecule has 1 heteroatoms. The predicted octanol–water partition coefficient (Wildman–Crippen LogP) is 5.44. The normalized spacial score (nSPS) is 10.5. The molecule has 0 rings (SSSR count). The van der Waals surface area contributed by atoms with Gasteiger partial charge in [-0.1, -0.05) is 70.4 Å². The van der Waals surface area contributed by atoms with Crippen molar-refractivity contribution >= 4 is 5.78 Å². The van der Waals surface area contributed by atoms with E-state index < -0.39 is 0 Å². The summed E-state index contributed by atoms with van der Waals surface area (Å²) in [7, 11) is 0. The summed E-state index contributed by atoms with van der Waals surface area (Å²) in [5, 5.41) is 0. The standard InChI is InChI=1S/C16H30O/c1-4-5-6-7-8-9-10-11-12-13-16(17)14-15(2)3/h2,4-14H2,1,3H3. The Morgan fingerprint density at radius 2 is 1.35 bits per heavy atom. The van der Waals surface area contributed by atoms with Gasteiger partial charge in [0.05, 0.1) is 0 Å². The van der Waals surface area contributed by atoms with E-state index in [0.717, 1.165) is 18.4 Å². The molecule has 0 radical (unpaired) electrons. The first kappa shape index (κ1) is 16.4. The number of rotatable bonds is 12. The van der Waals surface area contributed by atoms with Gasteiger partial charge in [-0.3, -0.25) is 4.79 Å². The summed E-state index contributed by atoms with van der Waals surface area (Å²) in [5.74, 6) is 0.362. The van der Waals surface area contributed by atoms with Gasteiger partial charge in [-0.2, -0.15) is 0 Å². The van der Waals surface area contributed by atoms with Crippen LogP contribution >= 0.6 is 0 Å². The fourth-order valence-electron chi connectivity index (χ4n) is 2.06. The molecule has 0 spiro atoms. The van der Waals surface area contributed by atoms with Gasteiger partial charge in [0.1, 0.15) is 5.78 Å². The molecule has 0 aromatic rings. The van der Waals surface area contributed by atoms with Crippen molar-refractivity contribution in [1.82, 2.24) is 0 Å². The molecule has 100 valence electrons. The Hall–Kier alpha value is -0.590. The first-order valence-corrected chi connectivity index (χ1v) is 7.33. The first-order valence-electron chi connectivity index (χ1n) is 7.33. The van der Waals surface area contributed by atoms with Gasteiger partial charge in [-0.05, 0) is 13.3 Å². The van der Waals surface area contributed by atoms with E-state index in [1.165, 1.54) is 51.4 Å². The highest BCUT2D eigenvalue weighted by Gasteiger charge is 2.01. The van der Waals surface area contributed by atoms with E-state index in [1.807, 2.05) is 6.92 Å². The summed E-state index contributed by atoms with van der Waals surface area (Å²) in [5.41, 5.74) is 0.992. The number of hydrogen-bond acceptors (Lipinski definition) is 1. The predicted molar refractivity (Wildman–Crippen MR) is 76.3 cm³/mol. The molecule has 0 saturated carbocycles. The second kappa shape index (κ2) is 11.9. The molecule has 0 aliphatic carbocycles. The maximum Gasteiger partial charge on any atom is 0.136 e. The zero-order valence-electron chi connectivity index (χ0n) is 11.9. The number of ketones is 1. The SMILES string of the molecule is C=C(C)CC(=O)CCCCCCCCCCC. The van der Waals surface area contributed by atoms with Crippen molar-refractivity contribution in [2.75, 3.05) is 0 Å². The molecule has 1 nitrogen and oxygen atoms in total. The lowest BCUT2D eigenvalue weighted by molar-refractivity contribution is -0.118. The second-order valence-electron chi connectivity index (χ2n) is 5.25. The van der Waals surface area contributed by atoms with Gasteiger partial charge in [0, 0.05) is 12.8 Å². The van der Waals surface area contributed by atoms with E-state index in [0.29, 0.717) is 12.2 Å². The van der Waals surface area contributed by atoms with Crippen LogP contribution in [-0.4, -0.2) is 5.78 Å². The van der Waals surface area contributed by atoms with Crippen LogP contribution < -0.4 is 0 Å². The Labute approximate surface area is 108 Å². The summed E-state index contributed by atoms with van der Waals surface area (Å²) >= 11 is 0. The number of allylic oxidation sites excluding steroid dienone is 1. The fraction of sp³-hybridized carbons (Fsp3) is 0.812. The monoisotopic (exact) mass is 238 g/mol. The fourth-order valence-corrected chi connectivity index (χ4v) is 2.06. The molecule has 0 heterocycles. The Morgan fingerprint density at radius 1 is 0.882 bits per heavy atom. The average molecular weight is 238 g/mol. The average Bonchev–Trinajstić information content (AvgIpc) is 2.26. The minimum absolute atomic E-state index is 0.362. The van der Waals surface area contributed by atoms with Crippen molar-refractivity contribution in [2.45, 2.75) is 84.5 Å². The highest BCUT2D eigenvalue weighted by atomic mass is 16.1. The van der Waals surface area contributed by atoms with Gasteiger partial charge in [0.25, 0.3) is 0 Å². The van der Waals surface area contributed by atoms with Crippen LogP contribution in [0.4, 0.5) is 0 Å². The molecule has 0 unspecified atom stereocenters. The van der Waals surface area contributed by atoms with Crippen molar-refractivity contribution in [3.8, 4) is 0 Å². The molecule has 0 bridgehead atoms. The van der Waals surface area contributed by atoms with Gasteiger partial charge >= 0.3 is 0 Å². The van der Waals surface area contributed by atoms with Crippen LogP contribution in [0.5, 0.6) is 0 Å². The van der Waals surface area contributed by atoms with Gasteiger partial charge in [0.2, 0.25) is 0 Å². The minimum atomic E-state index is 0.362. The van der Waals surface area contributed by atoms with E-state index in [2.05, 4.69) is 13.5 Å². The van der Waals surface area contributed by atoms with Crippen molar-refractivity contribution in [3.05, 3.63) is 12.2 Å². The van der Waals surface area contributed by atoms with Crippen LogP contribution in [0.2, 0.25) is 0 Å². The quantitative estimate of drug-likeness (QED) is 0.327. The van der Waals surface area contributed by atoms with E-state index in [9.17, 15) is 4.79 Å². The topological polar surface area (TPSA) is 17.1 Å². The molecule has 0 saturated heterocycles. The van der Waals surface area contributed by atoms with Crippen LogP contribution in [0, 0.1) is 0 Å². The molecule has 0 atom stereocenters. The van der Waals surface area contributed by atoms with Crippen molar-refractivity contribution in [2.24, 2.45) is 0 Å². The molecule has 0 N–H and O–H groups in total. The van der Waals surface area contributed by atoms with Crippen LogP contribution in [0.25, 0.3) is 0 Å². The minimum Gasteiger partial charge on any atom is -0.299 e. The van der Waals surface area contributed by atoms with Gasteiger partial charge in [-0.15, -0.1) is 0 Å². The van der Waals surface area contributed by atoms with E-state index in [-0.39, 0.29) is 0 Å². The highest BCUT2D eigenvalue weighted by Crippen LogP contribution is 2.11. The molecule has 0 fully saturated rings. The molecule has 0 aliphatic rings. The second-order valence-corrected chi connectivity index (χ2v) is 5.25. The number of carbonyl (C=O) groups excluding carboxylic acids is 1. The third-order valence-electron chi connectivity index (χ3n) is 3.06. The van der Waals surface area contributed by atoms with E-state index in [4.69, 9.17) is 0 Å². The number of hydrogen-bond donors (Lipinski definition) is 0. The van der Waals surface area contributed by atoms with Crippen LogP contribution in [-0.2, 0) is 4.79 Å². The lowest BCUT2D eigenvalue weighted by atomic mass is 10.0. The highest BCUT2D eigenvalue weighted by molar-refractivity contribution is 5.80. The summed E-state index contributed by atoms with van der Waals surface area (Å²) in [4.78, 5) is 11.4. The van der Waals surface area contributed by atoms with Crippen LogP contribution in [0.15, 0.2) is 12.2 Å². The molecular formula is C16H30O. The molecule has 0 amide bonds. The summed E-state index contributed by atoms with van der Waals surface area (Å²) < 4.78 is 0.